The van der Waals surface area contributed by atoms with E-state index in [0.29, 0.717) is 33.2 Å². The van der Waals surface area contributed by atoms with Crippen molar-refractivity contribution in [2.75, 3.05) is 11.9 Å². The molecular formula is C12H11BrClN3O2. The van der Waals surface area contributed by atoms with Gasteiger partial charge < -0.3 is 10.1 Å². The summed E-state index contributed by atoms with van der Waals surface area (Å²) in [4.78, 5) is 12.1. The molecule has 5 nitrogen and oxygen atoms in total. The molecule has 0 atom stereocenters. The summed E-state index contributed by atoms with van der Waals surface area (Å²) in [6, 6.07) is 5.16. The van der Waals surface area contributed by atoms with Crippen LogP contribution in [-0.4, -0.2) is 22.7 Å². The first-order chi connectivity index (χ1) is 9.13. The molecule has 0 radical (unpaired) electrons. The minimum atomic E-state index is -0.326. The lowest BCUT2D eigenvalue weighted by molar-refractivity contribution is 0.102. The van der Waals surface area contributed by atoms with Crippen molar-refractivity contribution in [3.8, 4) is 5.75 Å². The Morgan fingerprint density at radius 2 is 2.37 bits per heavy atom. The van der Waals surface area contributed by atoms with Gasteiger partial charge in [0.1, 0.15) is 5.69 Å². The van der Waals surface area contributed by atoms with E-state index in [1.54, 1.807) is 18.2 Å². The number of benzene rings is 1. The lowest BCUT2D eigenvalue weighted by Gasteiger charge is -2.12. The molecule has 100 valence electrons. The fourth-order valence-electron chi connectivity index (χ4n) is 1.51. The molecule has 0 saturated heterocycles. The van der Waals surface area contributed by atoms with Crippen molar-refractivity contribution in [2.24, 2.45) is 0 Å². The lowest BCUT2D eigenvalue weighted by atomic mass is 10.2. The molecule has 1 aromatic carbocycles. The van der Waals surface area contributed by atoms with Gasteiger partial charge in [0.25, 0.3) is 5.91 Å². The number of anilines is 1. The van der Waals surface area contributed by atoms with E-state index in [1.807, 2.05) is 6.92 Å². The van der Waals surface area contributed by atoms with Crippen LogP contribution in [0.1, 0.15) is 17.4 Å². The summed E-state index contributed by atoms with van der Waals surface area (Å²) >= 11 is 9.27. The molecule has 2 aromatic rings. The van der Waals surface area contributed by atoms with Gasteiger partial charge in [-0.25, -0.2) is 0 Å². The lowest BCUT2D eigenvalue weighted by Crippen LogP contribution is -2.14. The zero-order chi connectivity index (χ0) is 13.8. The Balaban J connectivity index is 2.26. The van der Waals surface area contributed by atoms with E-state index in [9.17, 15) is 4.79 Å². The van der Waals surface area contributed by atoms with Gasteiger partial charge in [0.2, 0.25) is 0 Å². The molecule has 0 spiro atoms. The molecule has 2 N–H and O–H groups in total. The van der Waals surface area contributed by atoms with Crippen LogP contribution in [0.15, 0.2) is 28.9 Å². The summed E-state index contributed by atoms with van der Waals surface area (Å²) in [7, 11) is 0. The number of aromatic amines is 1. The Hall–Kier alpha value is -1.53. The molecule has 0 aliphatic rings. The molecule has 0 fully saturated rings. The van der Waals surface area contributed by atoms with E-state index < -0.39 is 0 Å². The maximum Gasteiger partial charge on any atom is 0.274 e. The van der Waals surface area contributed by atoms with E-state index >= 15 is 0 Å². The van der Waals surface area contributed by atoms with Crippen LogP contribution in [0.5, 0.6) is 5.75 Å². The second kappa shape index (κ2) is 6.08. The van der Waals surface area contributed by atoms with Crippen LogP contribution >= 0.6 is 27.5 Å². The predicted octanol–water partition coefficient (Wildman–Crippen LogP) is 3.48. The van der Waals surface area contributed by atoms with Gasteiger partial charge in [-0.3, -0.25) is 9.89 Å². The Labute approximate surface area is 123 Å². The molecule has 1 aromatic heterocycles. The van der Waals surface area contributed by atoms with Crippen LogP contribution in [-0.2, 0) is 0 Å². The quantitative estimate of drug-likeness (QED) is 0.892. The van der Waals surface area contributed by atoms with Crippen molar-refractivity contribution in [3.05, 3.63) is 39.6 Å². The number of ether oxygens (including phenoxy) is 1. The van der Waals surface area contributed by atoms with Gasteiger partial charge in [0, 0.05) is 0 Å². The maximum atomic E-state index is 12.1. The highest BCUT2D eigenvalue weighted by Gasteiger charge is 2.15. The van der Waals surface area contributed by atoms with E-state index in [4.69, 9.17) is 16.3 Å². The summed E-state index contributed by atoms with van der Waals surface area (Å²) in [6.07, 6.45) is 1.51. The molecule has 7 heteroatoms. The zero-order valence-corrected chi connectivity index (χ0v) is 12.4. The Morgan fingerprint density at radius 3 is 3.00 bits per heavy atom. The van der Waals surface area contributed by atoms with E-state index in [2.05, 4.69) is 31.4 Å². The van der Waals surface area contributed by atoms with Crippen molar-refractivity contribution >= 4 is 39.1 Å². The number of rotatable bonds is 4. The van der Waals surface area contributed by atoms with Crippen LogP contribution in [0.2, 0.25) is 5.02 Å². The highest BCUT2D eigenvalue weighted by Crippen LogP contribution is 2.33. The number of halogens is 2. The molecule has 0 saturated carbocycles. The van der Waals surface area contributed by atoms with Crippen LogP contribution in [0.3, 0.4) is 0 Å². The highest BCUT2D eigenvalue weighted by atomic mass is 79.9. The van der Waals surface area contributed by atoms with Gasteiger partial charge in [0.15, 0.2) is 5.75 Å². The number of amides is 1. The number of nitrogens with zero attached hydrogens (tertiary/aromatic N) is 1. The molecule has 1 amide bonds. The van der Waals surface area contributed by atoms with Gasteiger partial charge >= 0.3 is 0 Å². The van der Waals surface area contributed by atoms with Gasteiger partial charge in [0.05, 0.1) is 28.0 Å². The summed E-state index contributed by atoms with van der Waals surface area (Å²) in [5.41, 5.74) is 0.850. The van der Waals surface area contributed by atoms with Crippen molar-refractivity contribution in [2.45, 2.75) is 6.92 Å². The highest BCUT2D eigenvalue weighted by molar-refractivity contribution is 9.10. The molecule has 1 heterocycles. The first-order valence-electron chi connectivity index (χ1n) is 5.55. The normalized spacial score (nSPS) is 10.3. The number of nitrogens with one attached hydrogen (secondary N) is 2. The van der Waals surface area contributed by atoms with Gasteiger partial charge in [-0.05, 0) is 35.0 Å². The third-order valence-corrected chi connectivity index (χ3v) is 3.22. The fraction of sp³-hybridized carbons (Fsp3) is 0.167. The smallest absolute Gasteiger partial charge is 0.274 e. The average Bonchev–Trinajstić information content (AvgIpc) is 2.80. The number of carbonyl (C=O) groups excluding carboxylic acids is 1. The second-order valence-corrected chi connectivity index (χ2v) is 4.86. The topological polar surface area (TPSA) is 67.0 Å². The first-order valence-corrected chi connectivity index (χ1v) is 6.72. The number of H-pyrrole nitrogens is 1. The molecule has 19 heavy (non-hydrogen) atoms. The molecule has 0 aliphatic heterocycles. The van der Waals surface area contributed by atoms with Crippen LogP contribution in [0.4, 0.5) is 5.69 Å². The monoisotopic (exact) mass is 343 g/mol. The number of para-hydroxylation sites is 1. The fourth-order valence-corrected chi connectivity index (χ4v) is 2.11. The van der Waals surface area contributed by atoms with Crippen molar-refractivity contribution in [3.63, 3.8) is 0 Å². The third-order valence-electron chi connectivity index (χ3n) is 2.32. The number of hydrogen-bond acceptors (Lipinski definition) is 3. The Kier molecular flexibility index (Phi) is 4.44. The van der Waals surface area contributed by atoms with Gasteiger partial charge in [-0.1, -0.05) is 17.7 Å². The maximum absolute atomic E-state index is 12.1. The molecule has 0 aliphatic carbocycles. The van der Waals surface area contributed by atoms with E-state index in [-0.39, 0.29) is 5.91 Å². The number of aromatic nitrogens is 2. The molecular weight excluding hydrogens is 334 g/mol. The van der Waals surface area contributed by atoms with Crippen molar-refractivity contribution < 1.29 is 9.53 Å². The summed E-state index contributed by atoms with van der Waals surface area (Å²) in [5.74, 6) is 0.128. The van der Waals surface area contributed by atoms with Gasteiger partial charge in [-0.15, -0.1) is 0 Å². The summed E-state index contributed by atoms with van der Waals surface area (Å²) in [6.45, 7) is 2.31. The van der Waals surface area contributed by atoms with E-state index in [0.717, 1.165) is 0 Å². The average molecular weight is 345 g/mol. The van der Waals surface area contributed by atoms with Crippen LogP contribution in [0, 0.1) is 0 Å². The zero-order valence-electron chi connectivity index (χ0n) is 10.0. The van der Waals surface area contributed by atoms with E-state index in [1.165, 1.54) is 6.20 Å². The molecule has 0 unspecified atom stereocenters. The summed E-state index contributed by atoms with van der Waals surface area (Å²) < 4.78 is 6.02. The van der Waals surface area contributed by atoms with Crippen LogP contribution < -0.4 is 10.1 Å². The number of carbonyl (C=O) groups is 1. The standard InChI is InChI=1S/C12H11BrClN3O2/c1-2-19-11-8(14)4-3-5-9(11)16-12(18)10-7(13)6-15-17-10/h3-6H,2H2,1H3,(H,15,17)(H,16,18). The second-order valence-electron chi connectivity index (χ2n) is 3.60. The minimum Gasteiger partial charge on any atom is -0.490 e. The van der Waals surface area contributed by atoms with Crippen LogP contribution in [0.25, 0.3) is 0 Å². The summed E-state index contributed by atoms with van der Waals surface area (Å²) in [5, 5.41) is 9.56. The molecule has 2 rings (SSSR count). The van der Waals surface area contributed by atoms with Crippen molar-refractivity contribution in [1.29, 1.82) is 0 Å². The third kappa shape index (κ3) is 3.08. The largest absolute Gasteiger partial charge is 0.490 e. The minimum absolute atomic E-state index is 0.326. The van der Waals surface area contributed by atoms with Crippen molar-refractivity contribution in [1.82, 2.24) is 10.2 Å². The molecule has 0 bridgehead atoms. The van der Waals surface area contributed by atoms with Gasteiger partial charge in [-0.2, -0.15) is 5.10 Å². The predicted molar refractivity (Wildman–Crippen MR) is 76.9 cm³/mol. The Bertz CT molecular complexity index is 600. The Morgan fingerprint density at radius 1 is 1.58 bits per heavy atom. The SMILES string of the molecule is CCOc1c(Cl)cccc1NC(=O)c1[nH]ncc1Br. The number of hydrogen-bond donors (Lipinski definition) is 2. The first kappa shape index (κ1) is 13.9.